The van der Waals surface area contributed by atoms with Crippen LogP contribution in [-0.2, 0) is 0 Å². The van der Waals surface area contributed by atoms with Gasteiger partial charge < -0.3 is 10.2 Å². The number of aliphatic hydroxyl groups is 2. The van der Waals surface area contributed by atoms with E-state index in [-0.39, 0.29) is 13.2 Å². The van der Waals surface area contributed by atoms with E-state index in [1.165, 1.54) is 0 Å². The Labute approximate surface area is 97.0 Å². The summed E-state index contributed by atoms with van der Waals surface area (Å²) in [5.74, 6) is 10.7. The van der Waals surface area contributed by atoms with Gasteiger partial charge in [0.25, 0.3) is 0 Å². The summed E-state index contributed by atoms with van der Waals surface area (Å²) in [7, 11) is 0. The molecule has 0 rings (SSSR count). The topological polar surface area (TPSA) is 40.5 Å². The van der Waals surface area contributed by atoms with E-state index in [1.54, 1.807) is 18.2 Å². The van der Waals surface area contributed by atoms with E-state index in [1.807, 2.05) is 18.2 Å². The minimum Gasteiger partial charge on any atom is -0.396 e. The number of hydrogen-bond donors (Lipinski definition) is 2. The fourth-order valence-electron chi connectivity index (χ4n) is 0.755. The van der Waals surface area contributed by atoms with E-state index >= 15 is 0 Å². The zero-order valence-corrected chi connectivity index (χ0v) is 9.19. The molecule has 2 nitrogen and oxygen atoms in total. The van der Waals surface area contributed by atoms with Crippen molar-refractivity contribution in [3.8, 4) is 23.7 Å². The molecule has 0 saturated heterocycles. The predicted molar refractivity (Wildman–Crippen MR) is 66.4 cm³/mol. The SMILES string of the molecule is OCC=CC#CC#CC=CC=CCCCO. The molecule has 0 aromatic heterocycles. The fraction of sp³-hybridized carbons (Fsp3) is 0.286. The Balaban J connectivity index is 3.73. The quantitative estimate of drug-likeness (QED) is 0.414. The molecule has 0 aromatic rings. The zero-order chi connectivity index (χ0) is 11.9. The molecule has 0 aromatic carbocycles. The monoisotopic (exact) mass is 216 g/mol. The lowest BCUT2D eigenvalue weighted by molar-refractivity contribution is 0.289. The third kappa shape index (κ3) is 12.3. The zero-order valence-electron chi connectivity index (χ0n) is 9.19. The molecule has 0 radical (unpaired) electrons. The first kappa shape index (κ1) is 14.3. The molecule has 84 valence electrons. The molecule has 2 N–H and O–H groups in total. The van der Waals surface area contributed by atoms with Crippen molar-refractivity contribution in [3.05, 3.63) is 36.5 Å². The molecule has 0 amide bonds. The van der Waals surface area contributed by atoms with Gasteiger partial charge in [0, 0.05) is 6.61 Å². The predicted octanol–water partition coefficient (Wildman–Crippen LogP) is 1.43. The average Bonchev–Trinajstić information content (AvgIpc) is 2.31. The molecule has 0 aliphatic rings. The minimum absolute atomic E-state index is 0.000641. The largest absolute Gasteiger partial charge is 0.396 e. The summed E-state index contributed by atoms with van der Waals surface area (Å²) < 4.78 is 0. The van der Waals surface area contributed by atoms with Gasteiger partial charge in [-0.2, -0.15) is 0 Å². The lowest BCUT2D eigenvalue weighted by atomic mass is 10.3. The molecular formula is C14H16O2. The maximum absolute atomic E-state index is 8.52. The molecule has 0 aliphatic carbocycles. The van der Waals surface area contributed by atoms with Gasteiger partial charge in [0.2, 0.25) is 0 Å². The summed E-state index contributed by atoms with van der Waals surface area (Å²) in [5.41, 5.74) is 0. The first-order chi connectivity index (χ1) is 7.91. The summed E-state index contributed by atoms with van der Waals surface area (Å²) in [5, 5.41) is 16.9. The van der Waals surface area contributed by atoms with E-state index in [0.29, 0.717) is 0 Å². The number of unbranched alkanes of at least 4 members (excludes halogenated alkanes) is 1. The number of hydrogen-bond acceptors (Lipinski definition) is 2. The van der Waals surface area contributed by atoms with Crippen molar-refractivity contribution in [2.75, 3.05) is 13.2 Å². The Bertz CT molecular complexity index is 354. The Kier molecular flexibility index (Phi) is 11.8. The van der Waals surface area contributed by atoms with Gasteiger partial charge in [-0.15, -0.1) is 0 Å². The smallest absolute Gasteiger partial charge is 0.0621 e. The van der Waals surface area contributed by atoms with Crippen molar-refractivity contribution in [3.63, 3.8) is 0 Å². The highest BCUT2D eigenvalue weighted by Gasteiger charge is 1.75. The Morgan fingerprint density at radius 3 is 2.31 bits per heavy atom. The molecule has 0 aliphatic heterocycles. The lowest BCUT2D eigenvalue weighted by Crippen LogP contribution is -1.77. The molecule has 0 bridgehead atoms. The summed E-state index contributed by atoms with van der Waals surface area (Å²) in [6.45, 7) is 0.228. The Morgan fingerprint density at radius 2 is 1.62 bits per heavy atom. The highest BCUT2D eigenvalue weighted by atomic mass is 16.3. The van der Waals surface area contributed by atoms with Gasteiger partial charge >= 0.3 is 0 Å². The first-order valence-corrected chi connectivity index (χ1v) is 5.11. The molecule has 0 saturated carbocycles. The molecule has 0 atom stereocenters. The van der Waals surface area contributed by atoms with E-state index < -0.39 is 0 Å². The van der Waals surface area contributed by atoms with E-state index in [4.69, 9.17) is 10.2 Å². The third-order valence-corrected chi connectivity index (χ3v) is 1.47. The average molecular weight is 216 g/mol. The second-order valence-corrected chi connectivity index (χ2v) is 2.78. The second kappa shape index (κ2) is 13.3. The molecule has 2 heteroatoms. The van der Waals surface area contributed by atoms with Crippen LogP contribution >= 0.6 is 0 Å². The van der Waals surface area contributed by atoms with Crippen molar-refractivity contribution in [1.29, 1.82) is 0 Å². The summed E-state index contributed by atoms with van der Waals surface area (Å²) in [6, 6.07) is 0. The highest BCUT2D eigenvalue weighted by molar-refractivity contribution is 5.34. The van der Waals surface area contributed by atoms with Gasteiger partial charge in [0.15, 0.2) is 0 Å². The number of rotatable bonds is 5. The van der Waals surface area contributed by atoms with Crippen molar-refractivity contribution >= 4 is 0 Å². The van der Waals surface area contributed by atoms with Crippen molar-refractivity contribution < 1.29 is 10.2 Å². The van der Waals surface area contributed by atoms with Gasteiger partial charge in [-0.1, -0.05) is 36.1 Å². The fourth-order valence-corrected chi connectivity index (χ4v) is 0.755. The van der Waals surface area contributed by atoms with Crippen LogP contribution in [0.2, 0.25) is 0 Å². The van der Waals surface area contributed by atoms with Crippen LogP contribution in [0, 0.1) is 23.7 Å². The third-order valence-electron chi connectivity index (χ3n) is 1.47. The van der Waals surface area contributed by atoms with Crippen LogP contribution in [0.4, 0.5) is 0 Å². The molecule has 16 heavy (non-hydrogen) atoms. The first-order valence-electron chi connectivity index (χ1n) is 5.11. The van der Waals surface area contributed by atoms with Crippen molar-refractivity contribution in [2.24, 2.45) is 0 Å². The van der Waals surface area contributed by atoms with E-state index in [0.717, 1.165) is 12.8 Å². The maximum Gasteiger partial charge on any atom is 0.0621 e. The molecule has 0 spiro atoms. The van der Waals surface area contributed by atoms with Gasteiger partial charge in [-0.25, -0.2) is 0 Å². The number of allylic oxidation sites excluding steroid dienone is 5. The summed E-state index contributed by atoms with van der Waals surface area (Å²) in [6.07, 6.45) is 12.2. The summed E-state index contributed by atoms with van der Waals surface area (Å²) in [4.78, 5) is 0. The highest BCUT2D eigenvalue weighted by Crippen LogP contribution is 1.88. The summed E-state index contributed by atoms with van der Waals surface area (Å²) >= 11 is 0. The normalized spacial score (nSPS) is 10.4. The Morgan fingerprint density at radius 1 is 0.875 bits per heavy atom. The van der Waals surface area contributed by atoms with E-state index in [2.05, 4.69) is 23.7 Å². The maximum atomic E-state index is 8.52. The van der Waals surface area contributed by atoms with Gasteiger partial charge in [0.1, 0.15) is 0 Å². The van der Waals surface area contributed by atoms with Gasteiger partial charge in [-0.05, 0) is 36.8 Å². The van der Waals surface area contributed by atoms with E-state index in [9.17, 15) is 0 Å². The molecule has 0 heterocycles. The second-order valence-electron chi connectivity index (χ2n) is 2.78. The van der Waals surface area contributed by atoms with Crippen LogP contribution in [0.15, 0.2) is 36.5 Å². The lowest BCUT2D eigenvalue weighted by Gasteiger charge is -1.84. The van der Waals surface area contributed by atoms with Crippen LogP contribution in [0.3, 0.4) is 0 Å². The molecular weight excluding hydrogens is 200 g/mol. The molecule has 0 unspecified atom stereocenters. The van der Waals surface area contributed by atoms with Crippen molar-refractivity contribution in [1.82, 2.24) is 0 Å². The van der Waals surface area contributed by atoms with Gasteiger partial charge in [-0.3, -0.25) is 0 Å². The minimum atomic E-state index is 0.000641. The van der Waals surface area contributed by atoms with Crippen LogP contribution in [0.1, 0.15) is 12.8 Å². The van der Waals surface area contributed by atoms with Crippen LogP contribution in [-0.4, -0.2) is 23.4 Å². The Hall–Kier alpha value is -1.74. The molecule has 0 fully saturated rings. The standard InChI is InChI=1S/C14H16O2/c15-13-11-9-7-5-3-1-2-4-6-8-10-12-14-16/h1,3,5,7,10,12,15-16H,9,11,13-14H2. The van der Waals surface area contributed by atoms with Crippen molar-refractivity contribution in [2.45, 2.75) is 12.8 Å². The van der Waals surface area contributed by atoms with Crippen LogP contribution < -0.4 is 0 Å². The van der Waals surface area contributed by atoms with Crippen LogP contribution in [0.5, 0.6) is 0 Å². The number of aliphatic hydroxyl groups excluding tert-OH is 2. The van der Waals surface area contributed by atoms with Crippen LogP contribution in [0.25, 0.3) is 0 Å². The van der Waals surface area contributed by atoms with Gasteiger partial charge in [0.05, 0.1) is 6.61 Å².